The van der Waals surface area contributed by atoms with Crippen LogP contribution in [0.25, 0.3) is 5.69 Å². The summed E-state index contributed by atoms with van der Waals surface area (Å²) in [6.45, 7) is 3.19. The Morgan fingerprint density at radius 2 is 1.75 bits per heavy atom. The Balaban J connectivity index is 1.46. The van der Waals surface area contributed by atoms with Crippen molar-refractivity contribution in [2.24, 2.45) is 0 Å². The first kappa shape index (κ1) is 22.4. The highest BCUT2D eigenvalue weighted by Crippen LogP contribution is 2.31. The number of sulfone groups is 1. The number of anilines is 1. The standard InChI is InChI=1S/C23H25ClN4O3S/c1-16-15-22(28(26-16)18-7-9-19(10-8-18)32(2,30)31)17-11-13-27(14-12-17)23(29)25-21-6-4-3-5-20(21)24/h3-10,15,17H,11-14H2,1-2H3,(H,25,29). The lowest BCUT2D eigenvalue weighted by Crippen LogP contribution is -2.40. The number of aryl methyl sites for hydroxylation is 1. The van der Waals surface area contributed by atoms with Crippen molar-refractivity contribution in [3.05, 3.63) is 71.0 Å². The Bertz CT molecular complexity index is 1230. The van der Waals surface area contributed by atoms with Crippen molar-refractivity contribution in [3.63, 3.8) is 0 Å². The molecule has 0 aliphatic carbocycles. The molecule has 4 rings (SSSR count). The summed E-state index contributed by atoms with van der Waals surface area (Å²) in [6, 6.07) is 15.9. The number of aromatic nitrogens is 2. The number of nitrogens with zero attached hydrogens (tertiary/aromatic N) is 3. The van der Waals surface area contributed by atoms with Gasteiger partial charge in [0.25, 0.3) is 0 Å². The summed E-state index contributed by atoms with van der Waals surface area (Å²) in [5, 5.41) is 8.02. The lowest BCUT2D eigenvalue weighted by atomic mass is 9.93. The Hall–Kier alpha value is -2.84. The van der Waals surface area contributed by atoms with Crippen LogP contribution >= 0.6 is 11.6 Å². The van der Waals surface area contributed by atoms with E-state index in [9.17, 15) is 13.2 Å². The molecule has 0 unspecified atom stereocenters. The zero-order chi connectivity index (χ0) is 22.9. The van der Waals surface area contributed by atoms with E-state index in [1.165, 1.54) is 6.26 Å². The minimum absolute atomic E-state index is 0.155. The second-order valence-corrected chi connectivity index (χ2v) is 10.5. The van der Waals surface area contributed by atoms with Crippen LogP contribution < -0.4 is 5.32 Å². The number of carbonyl (C=O) groups excluding carboxylic acids is 1. The number of urea groups is 1. The molecule has 1 saturated heterocycles. The molecule has 1 aliphatic rings. The van der Waals surface area contributed by atoms with Gasteiger partial charge in [0.15, 0.2) is 9.84 Å². The molecular formula is C23H25ClN4O3S. The third-order valence-corrected chi connectivity index (χ3v) is 7.14. The van der Waals surface area contributed by atoms with Crippen LogP contribution in [-0.2, 0) is 9.84 Å². The third-order valence-electron chi connectivity index (χ3n) is 5.68. The van der Waals surface area contributed by atoms with Gasteiger partial charge in [0.05, 0.1) is 27.0 Å². The number of benzene rings is 2. The summed E-state index contributed by atoms with van der Waals surface area (Å²) in [5.41, 5.74) is 3.39. The molecule has 1 fully saturated rings. The molecule has 1 N–H and O–H groups in total. The van der Waals surface area contributed by atoms with E-state index in [2.05, 4.69) is 16.5 Å². The molecule has 1 aromatic heterocycles. The van der Waals surface area contributed by atoms with Gasteiger partial charge in [-0.1, -0.05) is 23.7 Å². The third kappa shape index (κ3) is 4.81. The lowest BCUT2D eigenvalue weighted by molar-refractivity contribution is 0.193. The monoisotopic (exact) mass is 472 g/mol. The smallest absolute Gasteiger partial charge is 0.321 e. The highest BCUT2D eigenvalue weighted by Gasteiger charge is 2.27. The fourth-order valence-corrected chi connectivity index (χ4v) is 4.80. The van der Waals surface area contributed by atoms with Gasteiger partial charge >= 0.3 is 6.03 Å². The van der Waals surface area contributed by atoms with Crippen molar-refractivity contribution in [2.75, 3.05) is 24.7 Å². The van der Waals surface area contributed by atoms with Crippen LogP contribution in [0.4, 0.5) is 10.5 Å². The van der Waals surface area contributed by atoms with Crippen LogP contribution in [0.3, 0.4) is 0 Å². The van der Waals surface area contributed by atoms with Crippen LogP contribution in [0, 0.1) is 6.92 Å². The SMILES string of the molecule is Cc1cc(C2CCN(C(=O)Nc3ccccc3Cl)CC2)n(-c2ccc(S(C)(=O)=O)cc2)n1. The molecule has 7 nitrogen and oxygen atoms in total. The van der Waals surface area contributed by atoms with Crippen LogP contribution in [0.5, 0.6) is 0 Å². The maximum absolute atomic E-state index is 12.7. The van der Waals surface area contributed by atoms with E-state index >= 15 is 0 Å². The summed E-state index contributed by atoms with van der Waals surface area (Å²) >= 11 is 6.15. The van der Waals surface area contributed by atoms with Gasteiger partial charge in [0.1, 0.15) is 0 Å². The molecule has 0 atom stereocenters. The molecular weight excluding hydrogens is 448 g/mol. The minimum atomic E-state index is -3.25. The summed E-state index contributed by atoms with van der Waals surface area (Å²) in [6.07, 6.45) is 2.81. The highest BCUT2D eigenvalue weighted by atomic mass is 35.5. The minimum Gasteiger partial charge on any atom is -0.324 e. The second-order valence-electron chi connectivity index (χ2n) is 8.06. The highest BCUT2D eigenvalue weighted by molar-refractivity contribution is 7.90. The molecule has 9 heteroatoms. The number of halogens is 1. The molecule has 0 bridgehead atoms. The van der Waals surface area contributed by atoms with E-state index in [-0.39, 0.29) is 16.8 Å². The predicted molar refractivity (Wildman–Crippen MR) is 125 cm³/mol. The molecule has 2 heterocycles. The molecule has 2 aromatic carbocycles. The number of para-hydroxylation sites is 1. The zero-order valence-electron chi connectivity index (χ0n) is 18.0. The summed E-state index contributed by atoms with van der Waals surface area (Å²) in [5.74, 6) is 0.246. The molecule has 0 spiro atoms. The van der Waals surface area contributed by atoms with Gasteiger partial charge in [-0.15, -0.1) is 0 Å². The maximum atomic E-state index is 12.7. The zero-order valence-corrected chi connectivity index (χ0v) is 19.5. The van der Waals surface area contributed by atoms with Crippen LogP contribution in [0.2, 0.25) is 5.02 Å². The topological polar surface area (TPSA) is 84.3 Å². The van der Waals surface area contributed by atoms with Gasteiger partial charge in [-0.05, 0) is 62.2 Å². The molecule has 0 saturated carbocycles. The molecule has 32 heavy (non-hydrogen) atoms. The van der Waals surface area contributed by atoms with Crippen molar-refractivity contribution in [2.45, 2.75) is 30.6 Å². The van der Waals surface area contributed by atoms with Crippen molar-refractivity contribution < 1.29 is 13.2 Å². The first-order chi connectivity index (χ1) is 15.2. The average molecular weight is 473 g/mol. The Morgan fingerprint density at radius 1 is 1.09 bits per heavy atom. The summed E-state index contributed by atoms with van der Waals surface area (Å²) in [7, 11) is -3.25. The molecule has 1 aliphatic heterocycles. The van der Waals surface area contributed by atoms with Crippen molar-refractivity contribution in [1.82, 2.24) is 14.7 Å². The van der Waals surface area contributed by atoms with Crippen LogP contribution in [0.15, 0.2) is 59.5 Å². The van der Waals surface area contributed by atoms with Crippen LogP contribution in [0.1, 0.15) is 30.1 Å². The van der Waals surface area contributed by atoms with Gasteiger partial charge in [0, 0.05) is 31.0 Å². The van der Waals surface area contributed by atoms with Gasteiger partial charge in [0.2, 0.25) is 0 Å². The van der Waals surface area contributed by atoms with E-state index in [4.69, 9.17) is 11.6 Å². The first-order valence-electron chi connectivity index (χ1n) is 10.4. The fourth-order valence-electron chi connectivity index (χ4n) is 3.99. The van der Waals surface area contributed by atoms with Gasteiger partial charge < -0.3 is 10.2 Å². The first-order valence-corrected chi connectivity index (χ1v) is 12.7. The number of rotatable bonds is 4. The van der Waals surface area contributed by atoms with Crippen molar-refractivity contribution in [1.29, 1.82) is 0 Å². The van der Waals surface area contributed by atoms with Gasteiger partial charge in [-0.2, -0.15) is 5.10 Å². The lowest BCUT2D eigenvalue weighted by Gasteiger charge is -2.32. The Labute approximate surface area is 192 Å². The van der Waals surface area contributed by atoms with Gasteiger partial charge in [-0.3, -0.25) is 0 Å². The summed E-state index contributed by atoms with van der Waals surface area (Å²) < 4.78 is 25.4. The number of piperidine rings is 1. The Kier molecular flexibility index (Phi) is 6.26. The normalized spacial score (nSPS) is 15.0. The molecule has 3 aromatic rings. The maximum Gasteiger partial charge on any atom is 0.321 e. The van der Waals surface area contributed by atoms with E-state index in [0.29, 0.717) is 23.8 Å². The van der Waals surface area contributed by atoms with E-state index < -0.39 is 9.84 Å². The number of carbonyl (C=O) groups is 1. The number of hydrogen-bond donors (Lipinski definition) is 1. The van der Waals surface area contributed by atoms with Crippen LogP contribution in [-0.4, -0.2) is 48.5 Å². The molecule has 2 amide bonds. The average Bonchev–Trinajstić information content (AvgIpc) is 3.16. The number of hydrogen-bond acceptors (Lipinski definition) is 4. The fraction of sp³-hybridized carbons (Fsp3) is 0.304. The predicted octanol–water partition coefficient (Wildman–Crippen LogP) is 4.65. The molecule has 0 radical (unpaired) electrons. The van der Waals surface area contributed by atoms with E-state index in [1.807, 2.05) is 23.7 Å². The quantitative estimate of drug-likeness (QED) is 0.599. The van der Waals surface area contributed by atoms with Crippen molar-refractivity contribution >= 4 is 33.2 Å². The largest absolute Gasteiger partial charge is 0.324 e. The number of likely N-dealkylation sites (tertiary alicyclic amines) is 1. The number of nitrogens with one attached hydrogen (secondary N) is 1. The Morgan fingerprint density at radius 3 is 2.38 bits per heavy atom. The molecule has 168 valence electrons. The van der Waals surface area contributed by atoms with Gasteiger partial charge in [-0.25, -0.2) is 17.9 Å². The number of amides is 2. The van der Waals surface area contributed by atoms with E-state index in [1.54, 1.807) is 41.3 Å². The summed E-state index contributed by atoms with van der Waals surface area (Å²) in [4.78, 5) is 14.7. The van der Waals surface area contributed by atoms with E-state index in [0.717, 1.165) is 29.9 Å². The second kappa shape index (κ2) is 8.96. The van der Waals surface area contributed by atoms with Crippen molar-refractivity contribution in [3.8, 4) is 5.69 Å².